The molecule has 7 heteroatoms. The van der Waals surface area contributed by atoms with Gasteiger partial charge in [0, 0.05) is 25.7 Å². The maximum atomic E-state index is 12.3. The Labute approximate surface area is 158 Å². The van der Waals surface area contributed by atoms with Crippen molar-refractivity contribution in [1.82, 2.24) is 24.6 Å². The molecule has 1 N–H and O–H groups in total. The molecule has 0 aliphatic carbocycles. The number of imidazole rings is 1. The Kier molecular flexibility index (Phi) is 6.01. The summed E-state index contributed by atoms with van der Waals surface area (Å²) in [6, 6.07) is 10.9. The van der Waals surface area contributed by atoms with Crippen LogP contribution in [0.4, 0.5) is 0 Å². The third-order valence-corrected chi connectivity index (χ3v) is 4.51. The quantitative estimate of drug-likeness (QED) is 0.620. The van der Waals surface area contributed by atoms with Gasteiger partial charge in [0.1, 0.15) is 11.5 Å². The number of nitrogens with zero attached hydrogens (tertiary/aromatic N) is 4. The van der Waals surface area contributed by atoms with Gasteiger partial charge in [-0.05, 0) is 38.0 Å². The van der Waals surface area contributed by atoms with Crippen molar-refractivity contribution in [1.29, 1.82) is 0 Å². The average molecular weight is 367 g/mol. The van der Waals surface area contributed by atoms with Crippen LogP contribution in [0.15, 0.2) is 41.2 Å². The molecule has 0 aliphatic rings. The van der Waals surface area contributed by atoms with E-state index >= 15 is 0 Å². The number of para-hydroxylation sites is 2. The first kappa shape index (κ1) is 18.8. The zero-order chi connectivity index (χ0) is 19.2. The van der Waals surface area contributed by atoms with Gasteiger partial charge in [0.15, 0.2) is 0 Å². The minimum absolute atomic E-state index is 0.178. The van der Waals surface area contributed by atoms with Crippen LogP contribution in [0.5, 0.6) is 0 Å². The number of aromatic nitrogens is 4. The fourth-order valence-corrected chi connectivity index (χ4v) is 3.05. The van der Waals surface area contributed by atoms with E-state index in [1.54, 1.807) is 0 Å². The number of hydrogen-bond acceptors (Lipinski definition) is 4. The predicted molar refractivity (Wildman–Crippen MR) is 105 cm³/mol. The fraction of sp³-hybridized carbons (Fsp3) is 0.400. The summed E-state index contributed by atoms with van der Waals surface area (Å²) >= 11 is 0. The van der Waals surface area contributed by atoms with Gasteiger partial charge in [0.05, 0.1) is 11.0 Å². The van der Waals surface area contributed by atoms with E-state index in [1.165, 1.54) is 16.8 Å². The molecule has 0 saturated heterocycles. The van der Waals surface area contributed by atoms with Crippen molar-refractivity contribution in [3.63, 3.8) is 0 Å². The van der Waals surface area contributed by atoms with E-state index in [1.807, 2.05) is 32.0 Å². The molecule has 0 atom stereocenters. The molecule has 7 nitrogen and oxygen atoms in total. The van der Waals surface area contributed by atoms with Crippen LogP contribution in [0.2, 0.25) is 0 Å². The summed E-state index contributed by atoms with van der Waals surface area (Å²) in [6.07, 6.45) is 2.60. The lowest BCUT2D eigenvalue weighted by molar-refractivity contribution is 0.0945. The number of hydrogen-bond donors (Lipinski definition) is 1. The molecule has 27 heavy (non-hydrogen) atoms. The largest absolute Gasteiger partial charge is 0.351 e. The summed E-state index contributed by atoms with van der Waals surface area (Å²) in [6.45, 7) is 5.87. The highest BCUT2D eigenvalue weighted by Gasteiger charge is 2.10. The number of rotatable bonds is 8. The first-order valence-electron chi connectivity index (χ1n) is 9.38. The van der Waals surface area contributed by atoms with Crippen LogP contribution in [-0.4, -0.2) is 31.8 Å². The molecular weight excluding hydrogens is 342 g/mol. The molecular formula is C20H25N5O2. The molecule has 0 fully saturated rings. The van der Waals surface area contributed by atoms with E-state index in [0.29, 0.717) is 13.1 Å². The molecule has 2 aromatic heterocycles. The maximum Gasteiger partial charge on any atom is 0.271 e. The monoisotopic (exact) mass is 367 g/mol. The summed E-state index contributed by atoms with van der Waals surface area (Å²) in [4.78, 5) is 28.7. The molecule has 0 aliphatic heterocycles. The van der Waals surface area contributed by atoms with Crippen molar-refractivity contribution >= 4 is 16.9 Å². The van der Waals surface area contributed by atoms with Crippen LogP contribution in [0, 0.1) is 6.92 Å². The van der Waals surface area contributed by atoms with E-state index in [-0.39, 0.29) is 17.2 Å². The third kappa shape index (κ3) is 4.42. The van der Waals surface area contributed by atoms with E-state index in [9.17, 15) is 9.59 Å². The smallest absolute Gasteiger partial charge is 0.271 e. The van der Waals surface area contributed by atoms with Crippen LogP contribution in [0.1, 0.15) is 42.5 Å². The normalized spacial score (nSPS) is 11.0. The molecule has 2 heterocycles. The number of aryl methyl sites for hydroxylation is 3. The van der Waals surface area contributed by atoms with E-state index in [0.717, 1.165) is 42.7 Å². The van der Waals surface area contributed by atoms with Crippen molar-refractivity contribution in [2.45, 2.75) is 46.2 Å². The van der Waals surface area contributed by atoms with Gasteiger partial charge in [0.25, 0.3) is 11.5 Å². The Morgan fingerprint density at radius 3 is 2.74 bits per heavy atom. The Balaban J connectivity index is 1.56. The molecule has 3 rings (SSSR count). The summed E-state index contributed by atoms with van der Waals surface area (Å²) < 4.78 is 3.52. The first-order valence-corrected chi connectivity index (χ1v) is 9.38. The van der Waals surface area contributed by atoms with Crippen molar-refractivity contribution in [3.05, 3.63) is 58.3 Å². The van der Waals surface area contributed by atoms with Crippen molar-refractivity contribution in [2.75, 3.05) is 6.54 Å². The van der Waals surface area contributed by atoms with E-state index < -0.39 is 0 Å². The van der Waals surface area contributed by atoms with Crippen molar-refractivity contribution < 1.29 is 4.79 Å². The first-order chi connectivity index (χ1) is 13.1. The number of nitrogens with one attached hydrogen (secondary N) is 1. The van der Waals surface area contributed by atoms with E-state index in [2.05, 4.69) is 26.0 Å². The molecule has 0 saturated carbocycles. The highest BCUT2D eigenvalue weighted by atomic mass is 16.2. The topological polar surface area (TPSA) is 81.8 Å². The van der Waals surface area contributed by atoms with E-state index in [4.69, 9.17) is 0 Å². The number of benzene rings is 1. The van der Waals surface area contributed by atoms with Crippen LogP contribution >= 0.6 is 0 Å². The second kappa shape index (κ2) is 8.62. The molecule has 3 aromatic rings. The lowest BCUT2D eigenvalue weighted by Crippen LogP contribution is -2.30. The third-order valence-electron chi connectivity index (χ3n) is 4.51. The van der Waals surface area contributed by atoms with Gasteiger partial charge in [-0.3, -0.25) is 9.59 Å². The SMILES string of the molecule is CCCCn1nc(C(=O)NCCCn2c(C)nc3ccccc32)ccc1=O. The van der Waals surface area contributed by atoms with Crippen LogP contribution in [0.3, 0.4) is 0 Å². The van der Waals surface area contributed by atoms with Gasteiger partial charge >= 0.3 is 0 Å². The zero-order valence-electron chi connectivity index (χ0n) is 15.8. The second-order valence-corrected chi connectivity index (χ2v) is 6.54. The van der Waals surface area contributed by atoms with Gasteiger partial charge in [0.2, 0.25) is 0 Å². The van der Waals surface area contributed by atoms with Crippen molar-refractivity contribution in [3.8, 4) is 0 Å². The Bertz CT molecular complexity index is 989. The van der Waals surface area contributed by atoms with Gasteiger partial charge in [-0.1, -0.05) is 25.5 Å². The lowest BCUT2D eigenvalue weighted by atomic mass is 10.3. The number of carbonyl (C=O) groups is 1. The highest BCUT2D eigenvalue weighted by Crippen LogP contribution is 2.15. The van der Waals surface area contributed by atoms with Gasteiger partial charge in [-0.15, -0.1) is 0 Å². The van der Waals surface area contributed by atoms with Gasteiger partial charge in [-0.2, -0.15) is 5.10 Å². The average Bonchev–Trinajstić information content (AvgIpc) is 2.99. The summed E-state index contributed by atoms with van der Waals surface area (Å²) in [7, 11) is 0. The lowest BCUT2D eigenvalue weighted by Gasteiger charge is -2.09. The molecule has 0 bridgehead atoms. The molecule has 0 unspecified atom stereocenters. The standard InChI is InChI=1S/C20H25N5O2/c1-3-4-14-25-19(26)11-10-17(23-25)20(27)21-12-7-13-24-15(2)22-16-8-5-6-9-18(16)24/h5-6,8-11H,3-4,7,12-14H2,1-2H3,(H,21,27). The number of carbonyl (C=O) groups excluding carboxylic acids is 1. The molecule has 1 amide bonds. The van der Waals surface area contributed by atoms with Crippen LogP contribution in [0.25, 0.3) is 11.0 Å². The summed E-state index contributed by atoms with van der Waals surface area (Å²) in [5, 5.41) is 7.05. The van der Waals surface area contributed by atoms with Crippen molar-refractivity contribution in [2.24, 2.45) is 0 Å². The van der Waals surface area contributed by atoms with Crippen LogP contribution < -0.4 is 10.9 Å². The Morgan fingerprint density at radius 2 is 1.93 bits per heavy atom. The number of unbranched alkanes of at least 4 members (excludes halogenated alkanes) is 1. The fourth-order valence-electron chi connectivity index (χ4n) is 3.05. The highest BCUT2D eigenvalue weighted by molar-refractivity contribution is 5.91. The minimum atomic E-state index is -0.257. The second-order valence-electron chi connectivity index (χ2n) is 6.54. The molecule has 142 valence electrons. The number of fused-ring (bicyclic) bond motifs is 1. The summed E-state index contributed by atoms with van der Waals surface area (Å²) in [5.74, 6) is 0.708. The molecule has 0 radical (unpaired) electrons. The molecule has 0 spiro atoms. The Morgan fingerprint density at radius 1 is 1.11 bits per heavy atom. The Hall–Kier alpha value is -2.96. The van der Waals surface area contributed by atoms with Gasteiger partial charge < -0.3 is 9.88 Å². The summed E-state index contributed by atoms with van der Waals surface area (Å²) in [5.41, 5.74) is 2.18. The van der Waals surface area contributed by atoms with Crippen LogP contribution in [-0.2, 0) is 13.1 Å². The minimum Gasteiger partial charge on any atom is -0.351 e. The molecule has 1 aromatic carbocycles. The predicted octanol–water partition coefficient (Wildman–Crippen LogP) is 2.52. The van der Waals surface area contributed by atoms with Gasteiger partial charge in [-0.25, -0.2) is 9.67 Å². The number of amides is 1. The zero-order valence-corrected chi connectivity index (χ0v) is 15.8. The maximum absolute atomic E-state index is 12.3.